The number of hydrogen-bond donors (Lipinski definition) is 3. The summed E-state index contributed by atoms with van der Waals surface area (Å²) >= 11 is 0. The van der Waals surface area contributed by atoms with Gasteiger partial charge in [-0.1, -0.05) is 24.3 Å². The van der Waals surface area contributed by atoms with E-state index in [1.54, 1.807) is 12.1 Å². The second kappa shape index (κ2) is 5.54. The average molecular weight is 285 g/mol. The maximum Gasteiger partial charge on any atom is 0.323 e. The Hall–Kier alpha value is -2.40. The summed E-state index contributed by atoms with van der Waals surface area (Å²) in [6.45, 7) is 0. The molecule has 3 aromatic rings. The Bertz CT molecular complexity index is 822. The van der Waals surface area contributed by atoms with Gasteiger partial charge in [0.25, 0.3) is 0 Å². The van der Waals surface area contributed by atoms with Crippen LogP contribution in [0.15, 0.2) is 47.3 Å². The molecule has 0 aliphatic heterocycles. The van der Waals surface area contributed by atoms with Crippen LogP contribution in [0.2, 0.25) is 0 Å². The smallest absolute Gasteiger partial charge is 0.313 e. The highest BCUT2D eigenvalue weighted by Gasteiger charge is 2.13. The number of nitrogens with one attached hydrogen (secondary N) is 3. The van der Waals surface area contributed by atoms with Crippen LogP contribution in [-0.2, 0) is 6.42 Å². The zero-order chi connectivity index (χ0) is 14.8. The molecule has 0 spiro atoms. The lowest BCUT2D eigenvalue weighted by Gasteiger charge is -2.17. The molecule has 1 unspecified atom stereocenters. The molecule has 0 aliphatic rings. The van der Waals surface area contributed by atoms with Gasteiger partial charge in [-0.15, -0.1) is 0 Å². The monoisotopic (exact) mass is 285 g/mol. The molecule has 0 bridgehead atoms. The van der Waals surface area contributed by atoms with Crippen LogP contribution in [0.5, 0.6) is 0 Å². The summed E-state index contributed by atoms with van der Waals surface area (Å²) in [4.78, 5) is 16.7. The number of hydrogen-bond acceptors (Lipinski definition) is 2. The van der Waals surface area contributed by atoms with Crippen molar-refractivity contribution >= 4 is 11.0 Å². The Balaban J connectivity index is 1.94. The fraction of sp³-hybridized carbons (Fsp3) is 0.188. The van der Waals surface area contributed by atoms with E-state index in [0.29, 0.717) is 12.0 Å². The molecule has 0 saturated heterocycles. The van der Waals surface area contributed by atoms with Crippen molar-refractivity contribution in [2.75, 3.05) is 7.05 Å². The first-order valence-corrected chi connectivity index (χ1v) is 6.80. The van der Waals surface area contributed by atoms with E-state index in [2.05, 4.69) is 15.3 Å². The third-order valence-electron chi connectivity index (χ3n) is 3.67. The second-order valence-electron chi connectivity index (χ2n) is 5.02. The Kier molecular flexibility index (Phi) is 3.58. The third-order valence-corrected chi connectivity index (χ3v) is 3.67. The summed E-state index contributed by atoms with van der Waals surface area (Å²) in [6, 6.07) is 12.5. The molecule has 3 rings (SSSR count). The number of likely N-dealkylation sites (N-methyl/N-ethyl adjacent to an activating group) is 1. The van der Waals surface area contributed by atoms with Crippen LogP contribution in [0.3, 0.4) is 0 Å². The number of fused-ring (bicyclic) bond motifs is 1. The fourth-order valence-corrected chi connectivity index (χ4v) is 2.54. The number of aromatic amines is 2. The van der Waals surface area contributed by atoms with Gasteiger partial charge >= 0.3 is 5.69 Å². The zero-order valence-electron chi connectivity index (χ0n) is 11.6. The quantitative estimate of drug-likeness (QED) is 0.689. The van der Waals surface area contributed by atoms with E-state index in [-0.39, 0.29) is 17.5 Å². The van der Waals surface area contributed by atoms with Gasteiger partial charge in [0, 0.05) is 6.04 Å². The first-order chi connectivity index (χ1) is 10.2. The van der Waals surface area contributed by atoms with Crippen molar-refractivity contribution in [1.29, 1.82) is 0 Å². The van der Waals surface area contributed by atoms with E-state index in [1.807, 2.05) is 31.3 Å². The van der Waals surface area contributed by atoms with Crippen LogP contribution < -0.4 is 11.0 Å². The van der Waals surface area contributed by atoms with Crippen molar-refractivity contribution < 1.29 is 4.39 Å². The van der Waals surface area contributed by atoms with Gasteiger partial charge < -0.3 is 15.3 Å². The lowest BCUT2D eigenvalue weighted by atomic mass is 9.98. The van der Waals surface area contributed by atoms with Crippen molar-refractivity contribution in [2.24, 2.45) is 0 Å². The van der Waals surface area contributed by atoms with Crippen LogP contribution in [0.25, 0.3) is 11.0 Å². The van der Waals surface area contributed by atoms with E-state index in [0.717, 1.165) is 16.6 Å². The van der Waals surface area contributed by atoms with E-state index < -0.39 is 0 Å². The average Bonchev–Trinajstić information content (AvgIpc) is 2.85. The normalized spacial score (nSPS) is 12.7. The second-order valence-corrected chi connectivity index (χ2v) is 5.02. The topological polar surface area (TPSA) is 60.7 Å². The van der Waals surface area contributed by atoms with Gasteiger partial charge in [-0.25, -0.2) is 9.18 Å². The van der Waals surface area contributed by atoms with Crippen molar-refractivity contribution in [3.05, 3.63) is 69.9 Å². The maximum absolute atomic E-state index is 13.8. The lowest BCUT2D eigenvalue weighted by molar-refractivity contribution is 0.555. The predicted octanol–water partition coefficient (Wildman–Crippen LogP) is 2.50. The van der Waals surface area contributed by atoms with Gasteiger partial charge in [0.15, 0.2) is 0 Å². The SMILES string of the molecule is CNC(Cc1ccccc1F)c1ccc2[nH]c(=O)[nH]c2c1. The zero-order valence-corrected chi connectivity index (χ0v) is 11.6. The Morgan fingerprint density at radius 3 is 2.67 bits per heavy atom. The van der Waals surface area contributed by atoms with Crippen LogP contribution >= 0.6 is 0 Å². The predicted molar refractivity (Wildman–Crippen MR) is 80.8 cm³/mol. The minimum absolute atomic E-state index is 0.0234. The summed E-state index contributed by atoms with van der Waals surface area (Å²) in [5.41, 5.74) is 2.97. The van der Waals surface area contributed by atoms with Crippen LogP contribution in [0.1, 0.15) is 17.2 Å². The molecule has 3 N–H and O–H groups in total. The molecule has 1 aromatic heterocycles. The van der Waals surface area contributed by atoms with E-state index in [4.69, 9.17) is 0 Å². The van der Waals surface area contributed by atoms with Gasteiger partial charge in [-0.05, 0) is 42.8 Å². The van der Waals surface area contributed by atoms with Crippen molar-refractivity contribution in [2.45, 2.75) is 12.5 Å². The number of halogens is 1. The summed E-state index contributed by atoms with van der Waals surface area (Å²) < 4.78 is 13.8. The Morgan fingerprint density at radius 1 is 1.14 bits per heavy atom. The summed E-state index contributed by atoms with van der Waals surface area (Å²) in [6.07, 6.45) is 0.545. The highest BCUT2D eigenvalue weighted by molar-refractivity contribution is 5.75. The molecule has 108 valence electrons. The largest absolute Gasteiger partial charge is 0.323 e. The van der Waals surface area contributed by atoms with Crippen LogP contribution in [0.4, 0.5) is 4.39 Å². The first kappa shape index (κ1) is 13.6. The minimum atomic E-state index is -0.225. The molecule has 21 heavy (non-hydrogen) atoms. The van der Waals surface area contributed by atoms with Crippen molar-refractivity contribution in [3.8, 4) is 0 Å². The van der Waals surface area contributed by atoms with Gasteiger partial charge in [-0.3, -0.25) is 0 Å². The third kappa shape index (κ3) is 2.73. The first-order valence-electron chi connectivity index (χ1n) is 6.80. The summed E-state index contributed by atoms with van der Waals surface area (Å²) in [5, 5.41) is 3.20. The Morgan fingerprint density at radius 2 is 1.90 bits per heavy atom. The molecule has 2 aromatic carbocycles. The minimum Gasteiger partial charge on any atom is -0.313 e. The molecule has 0 amide bonds. The van der Waals surface area contributed by atoms with Crippen LogP contribution in [0, 0.1) is 5.82 Å². The molecule has 0 fully saturated rings. The molecule has 0 radical (unpaired) electrons. The highest BCUT2D eigenvalue weighted by atomic mass is 19.1. The number of aromatic nitrogens is 2. The van der Waals surface area contributed by atoms with Crippen molar-refractivity contribution in [1.82, 2.24) is 15.3 Å². The highest BCUT2D eigenvalue weighted by Crippen LogP contribution is 2.22. The number of rotatable bonds is 4. The summed E-state index contributed by atoms with van der Waals surface area (Å²) in [5.74, 6) is -0.200. The number of imidazole rings is 1. The van der Waals surface area contributed by atoms with Gasteiger partial charge in [-0.2, -0.15) is 0 Å². The fourth-order valence-electron chi connectivity index (χ4n) is 2.54. The van der Waals surface area contributed by atoms with E-state index >= 15 is 0 Å². The van der Waals surface area contributed by atoms with Crippen molar-refractivity contribution in [3.63, 3.8) is 0 Å². The number of benzene rings is 2. The molecule has 0 saturated carbocycles. The molecular formula is C16H16FN3O. The standard InChI is InChI=1S/C16H16FN3O/c1-18-14(8-10-4-2-3-5-12(10)17)11-6-7-13-15(9-11)20-16(21)19-13/h2-7,9,14,18H,8H2,1H3,(H2,19,20,21). The van der Waals surface area contributed by atoms with Gasteiger partial charge in [0.2, 0.25) is 0 Å². The van der Waals surface area contributed by atoms with Gasteiger partial charge in [0.1, 0.15) is 5.82 Å². The lowest BCUT2D eigenvalue weighted by Crippen LogP contribution is -2.19. The molecular weight excluding hydrogens is 269 g/mol. The van der Waals surface area contributed by atoms with E-state index in [1.165, 1.54) is 6.07 Å². The molecule has 1 heterocycles. The molecule has 0 aliphatic carbocycles. The molecule has 4 nitrogen and oxygen atoms in total. The maximum atomic E-state index is 13.8. The van der Waals surface area contributed by atoms with E-state index in [9.17, 15) is 9.18 Å². The molecule has 1 atom stereocenters. The Labute approximate surface area is 121 Å². The van der Waals surface area contributed by atoms with Gasteiger partial charge in [0.05, 0.1) is 11.0 Å². The molecule has 5 heteroatoms. The summed E-state index contributed by atoms with van der Waals surface area (Å²) in [7, 11) is 1.84. The number of H-pyrrole nitrogens is 2. The van der Waals surface area contributed by atoms with Crippen LogP contribution in [-0.4, -0.2) is 17.0 Å².